The topological polar surface area (TPSA) is 27.7 Å². The lowest BCUT2D eigenvalue weighted by Gasteiger charge is -2.26. The van der Waals surface area contributed by atoms with Crippen LogP contribution >= 0.6 is 11.8 Å². The van der Waals surface area contributed by atoms with Gasteiger partial charge in [-0.05, 0) is 30.0 Å². The van der Waals surface area contributed by atoms with Crippen molar-refractivity contribution < 1.29 is 31.8 Å². The molecule has 1 fully saturated rings. The first kappa shape index (κ1) is 19.8. The Morgan fingerprint density at radius 1 is 1.16 bits per heavy atom. The van der Waals surface area contributed by atoms with Gasteiger partial charge >= 0.3 is 12.5 Å². The Labute approximate surface area is 147 Å². The summed E-state index contributed by atoms with van der Waals surface area (Å²) in [4.78, 5) is 0. The van der Waals surface area contributed by atoms with Gasteiger partial charge in [0.1, 0.15) is 5.75 Å². The minimum Gasteiger partial charge on any atom is -0.428 e. The van der Waals surface area contributed by atoms with E-state index < -0.39 is 12.5 Å². The second kappa shape index (κ2) is 9.26. The van der Waals surface area contributed by atoms with E-state index in [2.05, 4.69) is 4.74 Å². The van der Waals surface area contributed by atoms with Crippen LogP contribution in [0.4, 0.5) is 17.6 Å². The predicted molar refractivity (Wildman–Crippen MR) is 89.2 cm³/mol. The molecule has 0 unspecified atom stereocenters. The zero-order valence-corrected chi connectivity index (χ0v) is 14.2. The predicted octanol–water partition coefficient (Wildman–Crippen LogP) is 4.60. The summed E-state index contributed by atoms with van der Waals surface area (Å²) in [5.74, 6) is -0.328. The van der Waals surface area contributed by atoms with E-state index in [0.29, 0.717) is 24.0 Å². The van der Waals surface area contributed by atoms with Crippen molar-refractivity contribution >= 4 is 17.8 Å². The second-order valence-electron chi connectivity index (χ2n) is 5.17. The van der Waals surface area contributed by atoms with Crippen LogP contribution in [0.1, 0.15) is 5.56 Å². The van der Waals surface area contributed by atoms with E-state index in [4.69, 9.17) is 9.47 Å². The molecule has 3 nitrogen and oxygen atoms in total. The van der Waals surface area contributed by atoms with Crippen LogP contribution in [-0.4, -0.2) is 43.5 Å². The van der Waals surface area contributed by atoms with Gasteiger partial charge in [-0.15, -0.1) is 0 Å². The Morgan fingerprint density at radius 2 is 1.80 bits per heavy atom. The van der Waals surface area contributed by atoms with Gasteiger partial charge in [-0.1, -0.05) is 30.4 Å². The molecule has 0 saturated carbocycles. The Morgan fingerprint density at radius 3 is 2.36 bits per heavy atom. The minimum atomic E-state index is -4.50. The van der Waals surface area contributed by atoms with Crippen molar-refractivity contribution in [3.05, 3.63) is 48.1 Å². The van der Waals surface area contributed by atoms with Gasteiger partial charge in [0.15, 0.2) is 6.29 Å². The van der Waals surface area contributed by atoms with Crippen LogP contribution < -0.4 is 4.74 Å². The largest absolute Gasteiger partial charge is 0.461 e. The number of halogens is 4. The van der Waals surface area contributed by atoms with Crippen LogP contribution in [0.5, 0.6) is 5.75 Å². The summed E-state index contributed by atoms with van der Waals surface area (Å²) < 4.78 is 64.7. The van der Waals surface area contributed by atoms with Gasteiger partial charge in [0, 0.05) is 0 Å². The SMILES string of the molecule is CSC1COC(/C=C/C=C/c2ccc(OC(F)(F)C(F)F)cc2)OC1. The monoisotopic (exact) mass is 378 g/mol. The van der Waals surface area contributed by atoms with Gasteiger partial charge in [-0.2, -0.15) is 29.3 Å². The van der Waals surface area contributed by atoms with Crippen molar-refractivity contribution in [3.8, 4) is 5.75 Å². The third-order valence-corrected chi connectivity index (χ3v) is 4.22. The van der Waals surface area contributed by atoms with E-state index in [1.54, 1.807) is 36.1 Å². The number of alkyl halides is 4. The van der Waals surface area contributed by atoms with Crippen molar-refractivity contribution in [1.29, 1.82) is 0 Å². The Bertz CT molecular complexity index is 582. The van der Waals surface area contributed by atoms with Crippen molar-refractivity contribution in [1.82, 2.24) is 0 Å². The van der Waals surface area contributed by atoms with Gasteiger partial charge in [-0.25, -0.2) is 0 Å². The van der Waals surface area contributed by atoms with E-state index in [1.807, 2.05) is 6.26 Å². The van der Waals surface area contributed by atoms with Crippen LogP contribution in [0.15, 0.2) is 42.5 Å². The first-order valence-corrected chi connectivity index (χ1v) is 8.75. The Balaban J connectivity index is 1.82. The lowest BCUT2D eigenvalue weighted by molar-refractivity contribution is -0.253. The molecule has 0 amide bonds. The van der Waals surface area contributed by atoms with E-state index in [-0.39, 0.29) is 12.0 Å². The fraction of sp³-hybridized carbons (Fsp3) is 0.412. The highest BCUT2D eigenvalue weighted by atomic mass is 32.2. The zero-order valence-electron chi connectivity index (χ0n) is 13.4. The fourth-order valence-electron chi connectivity index (χ4n) is 1.92. The lowest BCUT2D eigenvalue weighted by atomic mass is 10.2. The van der Waals surface area contributed by atoms with Gasteiger partial charge < -0.3 is 14.2 Å². The standard InChI is InChI=1S/C17H18F4O3S/c1-25-14-10-22-15(23-11-14)5-3-2-4-12-6-8-13(9-7-12)24-17(20,21)16(18)19/h2-9,14-16H,10-11H2,1H3/b4-2+,5-3+. The summed E-state index contributed by atoms with van der Waals surface area (Å²) in [6.07, 6.45) is 0.188. The number of ether oxygens (including phenoxy) is 3. The van der Waals surface area contributed by atoms with Crippen LogP contribution in [-0.2, 0) is 9.47 Å². The molecule has 25 heavy (non-hydrogen) atoms. The molecular formula is C17H18F4O3S. The molecule has 1 aromatic rings. The number of thioether (sulfide) groups is 1. The third kappa shape index (κ3) is 6.37. The Kier molecular flexibility index (Phi) is 7.34. The second-order valence-corrected chi connectivity index (χ2v) is 6.31. The summed E-state index contributed by atoms with van der Waals surface area (Å²) >= 11 is 1.69. The van der Waals surface area contributed by atoms with Crippen LogP contribution in [0.25, 0.3) is 6.08 Å². The molecular weight excluding hydrogens is 360 g/mol. The highest BCUT2D eigenvalue weighted by Crippen LogP contribution is 2.27. The van der Waals surface area contributed by atoms with Gasteiger partial charge in [0.05, 0.1) is 18.5 Å². The zero-order chi connectivity index (χ0) is 18.3. The Hall–Kier alpha value is -1.51. The average molecular weight is 378 g/mol. The van der Waals surface area contributed by atoms with Crippen LogP contribution in [0, 0.1) is 0 Å². The average Bonchev–Trinajstić information content (AvgIpc) is 2.60. The van der Waals surface area contributed by atoms with Gasteiger partial charge in [0.2, 0.25) is 0 Å². The molecule has 138 valence electrons. The number of benzene rings is 1. The van der Waals surface area contributed by atoms with Crippen molar-refractivity contribution in [3.63, 3.8) is 0 Å². The molecule has 1 aromatic carbocycles. The summed E-state index contributed by atoms with van der Waals surface area (Å²) in [5.41, 5.74) is 0.699. The van der Waals surface area contributed by atoms with E-state index in [1.165, 1.54) is 24.3 Å². The molecule has 0 aliphatic carbocycles. The lowest BCUT2D eigenvalue weighted by Crippen LogP contribution is -2.33. The highest BCUT2D eigenvalue weighted by molar-refractivity contribution is 7.99. The van der Waals surface area contributed by atoms with Crippen molar-refractivity contribution in [2.45, 2.75) is 24.1 Å². The maximum Gasteiger partial charge on any atom is 0.461 e. The van der Waals surface area contributed by atoms with Crippen LogP contribution in [0.3, 0.4) is 0 Å². The fourth-order valence-corrected chi connectivity index (χ4v) is 2.35. The maximum atomic E-state index is 12.8. The van der Waals surface area contributed by atoms with Gasteiger partial charge in [-0.3, -0.25) is 0 Å². The molecule has 1 saturated heterocycles. The van der Waals surface area contributed by atoms with Crippen molar-refractivity contribution in [2.75, 3.05) is 19.5 Å². The number of rotatable bonds is 7. The summed E-state index contributed by atoms with van der Waals surface area (Å²) in [6.45, 7) is 1.26. The van der Waals surface area contributed by atoms with Crippen LogP contribution in [0.2, 0.25) is 0 Å². The molecule has 0 N–H and O–H groups in total. The quantitative estimate of drug-likeness (QED) is 0.512. The molecule has 0 atom stereocenters. The molecule has 0 spiro atoms. The van der Waals surface area contributed by atoms with E-state index >= 15 is 0 Å². The molecule has 2 rings (SSSR count). The first-order chi connectivity index (χ1) is 11.9. The molecule has 0 radical (unpaired) electrons. The molecule has 0 bridgehead atoms. The summed E-state index contributed by atoms with van der Waals surface area (Å²) in [5, 5.41) is 0.346. The summed E-state index contributed by atoms with van der Waals surface area (Å²) in [7, 11) is 0. The number of hydrogen-bond donors (Lipinski definition) is 0. The first-order valence-electron chi connectivity index (χ1n) is 7.46. The van der Waals surface area contributed by atoms with Crippen molar-refractivity contribution in [2.24, 2.45) is 0 Å². The molecule has 1 aliphatic heterocycles. The van der Waals surface area contributed by atoms with Gasteiger partial charge in [0.25, 0.3) is 0 Å². The third-order valence-electron chi connectivity index (χ3n) is 3.28. The molecule has 1 heterocycles. The number of hydrogen-bond acceptors (Lipinski definition) is 4. The highest BCUT2D eigenvalue weighted by Gasteiger charge is 2.43. The van der Waals surface area contributed by atoms with E-state index in [0.717, 1.165) is 0 Å². The molecule has 0 aromatic heterocycles. The minimum absolute atomic E-state index is 0.328. The molecule has 8 heteroatoms. The smallest absolute Gasteiger partial charge is 0.428 e. The van der Waals surface area contributed by atoms with E-state index in [9.17, 15) is 17.6 Å². The summed E-state index contributed by atoms with van der Waals surface area (Å²) in [6, 6.07) is 5.38. The molecule has 1 aliphatic rings. The normalized spacial score (nSPS) is 22.2. The maximum absolute atomic E-state index is 12.8. The number of allylic oxidation sites excluding steroid dienone is 2.